The molecule has 0 N–H and O–H groups in total. The average Bonchev–Trinajstić information content (AvgIpc) is 2.52. The SMILES string of the molecule is CC(=O)O[C@]1(C)CC[C@@H]2C[C@H]1OO[C@@]2(C)CSc1ccccc1. The normalized spacial score (nSPS) is 36.5. The van der Waals surface area contributed by atoms with Crippen LogP contribution >= 0.6 is 11.8 Å². The monoisotopic (exact) mass is 336 g/mol. The van der Waals surface area contributed by atoms with E-state index in [0.29, 0.717) is 5.92 Å². The molecule has 1 aliphatic heterocycles. The molecule has 2 fully saturated rings. The van der Waals surface area contributed by atoms with Gasteiger partial charge < -0.3 is 4.74 Å². The zero-order chi connectivity index (χ0) is 16.5. The van der Waals surface area contributed by atoms with Gasteiger partial charge in [0, 0.05) is 17.6 Å². The highest BCUT2D eigenvalue weighted by Gasteiger charge is 2.53. The lowest BCUT2D eigenvalue weighted by atomic mass is 9.71. The maximum atomic E-state index is 11.3. The molecule has 1 saturated carbocycles. The predicted molar refractivity (Wildman–Crippen MR) is 89.0 cm³/mol. The molecular formula is C18H24O4S. The fourth-order valence-corrected chi connectivity index (χ4v) is 4.60. The minimum absolute atomic E-state index is 0.181. The molecule has 0 aromatic heterocycles. The summed E-state index contributed by atoms with van der Waals surface area (Å²) in [7, 11) is 0. The number of rotatable bonds is 4. The summed E-state index contributed by atoms with van der Waals surface area (Å²) in [5, 5.41) is 0. The summed E-state index contributed by atoms with van der Waals surface area (Å²) in [5.74, 6) is 1.00. The van der Waals surface area contributed by atoms with Gasteiger partial charge in [-0.3, -0.25) is 4.79 Å². The number of thioether (sulfide) groups is 1. The molecule has 4 atom stereocenters. The van der Waals surface area contributed by atoms with Gasteiger partial charge in [0.05, 0.1) is 0 Å². The van der Waals surface area contributed by atoms with Crippen LogP contribution in [0.15, 0.2) is 35.2 Å². The Hall–Kier alpha value is -1.04. The Balaban J connectivity index is 1.64. The molecule has 126 valence electrons. The quantitative estimate of drug-likeness (QED) is 0.472. The van der Waals surface area contributed by atoms with E-state index in [-0.39, 0.29) is 17.7 Å². The van der Waals surface area contributed by atoms with Crippen LogP contribution in [0.2, 0.25) is 0 Å². The first kappa shape index (κ1) is 16.8. The van der Waals surface area contributed by atoms with Crippen LogP contribution in [0.5, 0.6) is 0 Å². The van der Waals surface area contributed by atoms with Crippen LogP contribution in [-0.4, -0.2) is 29.0 Å². The van der Waals surface area contributed by atoms with Gasteiger partial charge in [0.1, 0.15) is 17.3 Å². The third-order valence-corrected chi connectivity index (χ3v) is 6.36. The molecule has 0 amide bonds. The Morgan fingerprint density at radius 1 is 1.35 bits per heavy atom. The number of ether oxygens (including phenoxy) is 1. The first-order valence-electron chi connectivity index (χ1n) is 8.13. The largest absolute Gasteiger partial charge is 0.457 e. The van der Waals surface area contributed by atoms with Gasteiger partial charge in [-0.2, -0.15) is 0 Å². The highest BCUT2D eigenvalue weighted by Crippen LogP contribution is 2.48. The van der Waals surface area contributed by atoms with Gasteiger partial charge in [0.15, 0.2) is 0 Å². The Kier molecular flexibility index (Phi) is 4.72. The van der Waals surface area contributed by atoms with Gasteiger partial charge in [0.25, 0.3) is 0 Å². The second-order valence-corrected chi connectivity index (χ2v) is 8.01. The summed E-state index contributed by atoms with van der Waals surface area (Å²) in [6, 6.07) is 10.3. The number of fused-ring (bicyclic) bond motifs is 2. The zero-order valence-electron chi connectivity index (χ0n) is 13.9. The van der Waals surface area contributed by atoms with E-state index >= 15 is 0 Å². The van der Waals surface area contributed by atoms with Crippen molar-refractivity contribution in [3.05, 3.63) is 30.3 Å². The predicted octanol–water partition coefficient (Wildman–Crippen LogP) is 3.99. The van der Waals surface area contributed by atoms with E-state index in [1.165, 1.54) is 11.8 Å². The number of carbonyl (C=O) groups is 1. The minimum Gasteiger partial charge on any atom is -0.457 e. The van der Waals surface area contributed by atoms with Crippen LogP contribution in [0, 0.1) is 5.92 Å². The van der Waals surface area contributed by atoms with Crippen LogP contribution < -0.4 is 0 Å². The molecule has 2 aliphatic rings. The molecule has 1 aromatic carbocycles. The zero-order valence-corrected chi connectivity index (χ0v) is 14.7. The number of esters is 1. The lowest BCUT2D eigenvalue weighted by Gasteiger charge is -2.51. The summed E-state index contributed by atoms with van der Waals surface area (Å²) in [6.07, 6.45) is 2.49. The maximum Gasteiger partial charge on any atom is 0.303 e. The van der Waals surface area contributed by atoms with Crippen LogP contribution in [-0.2, 0) is 19.3 Å². The Labute approximate surface area is 141 Å². The summed E-state index contributed by atoms with van der Waals surface area (Å²) in [4.78, 5) is 24.1. The molecule has 4 nitrogen and oxygen atoms in total. The van der Waals surface area contributed by atoms with Gasteiger partial charge in [-0.05, 0) is 51.2 Å². The molecule has 2 bridgehead atoms. The Morgan fingerprint density at radius 2 is 2.09 bits per heavy atom. The molecule has 1 aromatic rings. The first-order chi connectivity index (χ1) is 10.9. The number of hydrogen-bond acceptors (Lipinski definition) is 5. The molecule has 0 unspecified atom stereocenters. The molecule has 23 heavy (non-hydrogen) atoms. The summed E-state index contributed by atoms with van der Waals surface area (Å²) in [5.41, 5.74) is -0.884. The van der Waals surface area contributed by atoms with E-state index in [1.807, 2.05) is 25.1 Å². The fourth-order valence-electron chi connectivity index (χ4n) is 3.51. The average molecular weight is 336 g/mol. The summed E-state index contributed by atoms with van der Waals surface area (Å²) >= 11 is 1.79. The molecular weight excluding hydrogens is 312 g/mol. The van der Waals surface area contributed by atoms with Crippen LogP contribution in [0.4, 0.5) is 0 Å². The molecule has 0 radical (unpaired) electrons. The van der Waals surface area contributed by atoms with Crippen molar-refractivity contribution in [2.45, 2.75) is 62.2 Å². The van der Waals surface area contributed by atoms with Gasteiger partial charge in [-0.25, -0.2) is 9.78 Å². The minimum atomic E-state index is -0.573. The highest BCUT2D eigenvalue weighted by molar-refractivity contribution is 7.99. The number of benzene rings is 1. The smallest absolute Gasteiger partial charge is 0.303 e. The van der Waals surface area contributed by atoms with Crippen molar-refractivity contribution in [2.24, 2.45) is 5.92 Å². The first-order valence-corrected chi connectivity index (χ1v) is 9.12. The lowest BCUT2D eigenvalue weighted by Crippen LogP contribution is -2.58. The summed E-state index contributed by atoms with van der Waals surface area (Å²) in [6.45, 7) is 5.51. The number of hydrogen-bond donors (Lipinski definition) is 0. The van der Waals surface area contributed by atoms with Gasteiger partial charge in [-0.15, -0.1) is 11.8 Å². The standard InChI is InChI=1S/C18H24O4S/c1-13(19)20-17(2)10-9-14-11-16(17)21-22-18(14,3)12-23-15-7-5-4-6-8-15/h4-8,14,16H,9-12H2,1-3H3/t14-,16-,17-,18+/m1/s1. The topological polar surface area (TPSA) is 44.8 Å². The molecule has 1 saturated heterocycles. The maximum absolute atomic E-state index is 11.3. The number of carbonyl (C=O) groups excluding carboxylic acids is 1. The van der Waals surface area contributed by atoms with Crippen LogP contribution in [0.25, 0.3) is 0 Å². The van der Waals surface area contributed by atoms with Gasteiger partial charge in [-0.1, -0.05) is 18.2 Å². The third-order valence-electron chi connectivity index (χ3n) is 5.03. The third kappa shape index (κ3) is 3.57. The second kappa shape index (κ2) is 6.46. The van der Waals surface area contributed by atoms with Crippen molar-refractivity contribution in [3.8, 4) is 0 Å². The van der Waals surface area contributed by atoms with Crippen molar-refractivity contribution in [2.75, 3.05) is 5.75 Å². The van der Waals surface area contributed by atoms with Crippen molar-refractivity contribution < 1.29 is 19.3 Å². The highest BCUT2D eigenvalue weighted by atomic mass is 32.2. The van der Waals surface area contributed by atoms with Crippen molar-refractivity contribution in [3.63, 3.8) is 0 Å². The molecule has 5 heteroatoms. The summed E-state index contributed by atoms with van der Waals surface area (Å²) < 4.78 is 5.51. The Bertz CT molecular complexity index is 563. The van der Waals surface area contributed by atoms with E-state index in [1.54, 1.807) is 11.8 Å². The molecule has 0 spiro atoms. The van der Waals surface area contributed by atoms with E-state index in [9.17, 15) is 4.79 Å². The van der Waals surface area contributed by atoms with Crippen molar-refractivity contribution in [1.29, 1.82) is 0 Å². The molecule has 3 rings (SSSR count). The van der Waals surface area contributed by atoms with Crippen LogP contribution in [0.1, 0.15) is 40.0 Å². The van der Waals surface area contributed by atoms with E-state index in [2.05, 4.69) is 19.1 Å². The van der Waals surface area contributed by atoms with E-state index in [0.717, 1.165) is 25.0 Å². The van der Waals surface area contributed by atoms with Gasteiger partial charge in [0.2, 0.25) is 0 Å². The van der Waals surface area contributed by atoms with Gasteiger partial charge >= 0.3 is 5.97 Å². The fraction of sp³-hybridized carbons (Fsp3) is 0.611. The van der Waals surface area contributed by atoms with Crippen LogP contribution in [0.3, 0.4) is 0 Å². The van der Waals surface area contributed by atoms with E-state index in [4.69, 9.17) is 14.5 Å². The molecule has 1 aliphatic carbocycles. The Morgan fingerprint density at radius 3 is 2.78 bits per heavy atom. The molecule has 1 heterocycles. The van der Waals surface area contributed by atoms with Crippen molar-refractivity contribution >= 4 is 17.7 Å². The lowest BCUT2D eigenvalue weighted by molar-refractivity contribution is -0.441. The van der Waals surface area contributed by atoms with Crippen molar-refractivity contribution in [1.82, 2.24) is 0 Å². The van der Waals surface area contributed by atoms with E-state index < -0.39 is 5.60 Å². The second-order valence-electron chi connectivity index (χ2n) is 6.96.